The van der Waals surface area contributed by atoms with Crippen LogP contribution < -0.4 is 15.0 Å². The predicted molar refractivity (Wildman–Crippen MR) is 82.9 cm³/mol. The van der Waals surface area contributed by atoms with E-state index in [4.69, 9.17) is 4.74 Å². The van der Waals surface area contributed by atoms with Gasteiger partial charge < -0.3 is 15.0 Å². The average molecular weight is 291 g/mol. The molecule has 0 bridgehead atoms. The molecule has 0 unspecified atom stereocenters. The van der Waals surface area contributed by atoms with Gasteiger partial charge in [-0.1, -0.05) is 6.42 Å². The minimum Gasteiger partial charge on any atom is -0.460 e. The highest BCUT2D eigenvalue weighted by Crippen LogP contribution is 2.24. The molecule has 0 spiro atoms. The molecule has 6 heteroatoms. The molecule has 116 valence electrons. The molecule has 2 heterocycles. The molecule has 6 nitrogen and oxygen atoms in total. The molecule has 1 aliphatic heterocycles. The van der Waals surface area contributed by atoms with Gasteiger partial charge in [-0.15, -0.1) is 0 Å². The fourth-order valence-electron chi connectivity index (χ4n) is 3.08. The molecule has 0 radical (unpaired) electrons. The van der Waals surface area contributed by atoms with E-state index in [-0.39, 0.29) is 6.10 Å². The summed E-state index contributed by atoms with van der Waals surface area (Å²) in [7, 11) is 1.83. The second kappa shape index (κ2) is 6.91. The van der Waals surface area contributed by atoms with Gasteiger partial charge in [0.2, 0.25) is 11.9 Å². The molecule has 1 N–H and O–H groups in total. The van der Waals surface area contributed by atoms with Crippen molar-refractivity contribution in [2.24, 2.45) is 0 Å². The van der Waals surface area contributed by atoms with Gasteiger partial charge in [0.15, 0.2) is 0 Å². The highest BCUT2D eigenvalue weighted by atomic mass is 16.5. The lowest BCUT2D eigenvalue weighted by atomic mass is 9.98. The predicted octanol–water partition coefficient (Wildman–Crippen LogP) is 2.62. The Morgan fingerprint density at radius 1 is 0.952 bits per heavy atom. The first-order valence-corrected chi connectivity index (χ1v) is 8.20. The Kier molecular flexibility index (Phi) is 4.72. The second-order valence-electron chi connectivity index (χ2n) is 5.92. The van der Waals surface area contributed by atoms with Gasteiger partial charge >= 0.3 is 6.01 Å². The Bertz CT molecular complexity index is 455. The Labute approximate surface area is 126 Å². The van der Waals surface area contributed by atoms with Crippen molar-refractivity contribution in [3.05, 3.63) is 0 Å². The normalized spacial score (nSPS) is 20.3. The standard InChI is InChI=1S/C15H25N5O/c1-16-13-17-14(20-10-6-3-7-11-20)19-15(18-13)21-12-8-4-2-5-9-12/h12H,2-11H2,1H3,(H,16,17,18,19). The van der Waals surface area contributed by atoms with Gasteiger partial charge in [0, 0.05) is 20.1 Å². The molecule has 2 fully saturated rings. The van der Waals surface area contributed by atoms with E-state index in [2.05, 4.69) is 25.2 Å². The molecule has 1 aliphatic carbocycles. The molecule has 1 saturated heterocycles. The summed E-state index contributed by atoms with van der Waals surface area (Å²) in [6, 6.07) is 0.474. The zero-order chi connectivity index (χ0) is 14.5. The van der Waals surface area contributed by atoms with Gasteiger partial charge in [-0.3, -0.25) is 0 Å². The lowest BCUT2D eigenvalue weighted by Crippen LogP contribution is -2.31. The summed E-state index contributed by atoms with van der Waals surface area (Å²) in [6.07, 6.45) is 10.0. The summed E-state index contributed by atoms with van der Waals surface area (Å²) in [5.74, 6) is 1.34. The van der Waals surface area contributed by atoms with E-state index in [1.54, 1.807) is 0 Å². The van der Waals surface area contributed by atoms with Crippen molar-refractivity contribution < 1.29 is 4.74 Å². The van der Waals surface area contributed by atoms with Crippen LogP contribution in [0, 0.1) is 0 Å². The number of nitrogens with zero attached hydrogens (tertiary/aromatic N) is 4. The van der Waals surface area contributed by atoms with Crippen LogP contribution in [0.2, 0.25) is 0 Å². The van der Waals surface area contributed by atoms with Crippen molar-refractivity contribution in [3.8, 4) is 6.01 Å². The zero-order valence-corrected chi connectivity index (χ0v) is 12.8. The first-order valence-electron chi connectivity index (χ1n) is 8.20. The summed E-state index contributed by atoms with van der Waals surface area (Å²) in [5, 5.41) is 3.02. The van der Waals surface area contributed by atoms with E-state index < -0.39 is 0 Å². The SMILES string of the molecule is CNc1nc(OC2CCCCC2)nc(N2CCCCC2)n1. The van der Waals surface area contributed by atoms with Gasteiger partial charge in [-0.05, 0) is 44.9 Å². The number of aromatic nitrogens is 3. The van der Waals surface area contributed by atoms with Gasteiger partial charge in [0.1, 0.15) is 6.10 Å². The van der Waals surface area contributed by atoms with Crippen molar-refractivity contribution in [1.82, 2.24) is 15.0 Å². The fourth-order valence-corrected chi connectivity index (χ4v) is 3.08. The maximum Gasteiger partial charge on any atom is 0.323 e. The Balaban J connectivity index is 1.75. The van der Waals surface area contributed by atoms with Crippen LogP contribution >= 0.6 is 0 Å². The summed E-state index contributed by atoms with van der Waals surface area (Å²) in [4.78, 5) is 15.6. The van der Waals surface area contributed by atoms with E-state index in [0.29, 0.717) is 12.0 Å². The fraction of sp³-hybridized carbons (Fsp3) is 0.800. The molecular formula is C15H25N5O. The first-order chi connectivity index (χ1) is 10.3. The highest BCUT2D eigenvalue weighted by Gasteiger charge is 2.20. The van der Waals surface area contributed by atoms with Crippen molar-refractivity contribution >= 4 is 11.9 Å². The van der Waals surface area contributed by atoms with Gasteiger partial charge in [0.25, 0.3) is 0 Å². The molecule has 21 heavy (non-hydrogen) atoms. The zero-order valence-electron chi connectivity index (χ0n) is 12.8. The summed E-state index contributed by atoms with van der Waals surface area (Å²) in [6.45, 7) is 2.05. The topological polar surface area (TPSA) is 63.2 Å². The van der Waals surface area contributed by atoms with Crippen LogP contribution in [-0.4, -0.2) is 41.2 Å². The Morgan fingerprint density at radius 3 is 2.38 bits per heavy atom. The number of hydrogen-bond acceptors (Lipinski definition) is 6. The summed E-state index contributed by atoms with van der Waals surface area (Å²) >= 11 is 0. The minimum absolute atomic E-state index is 0.264. The average Bonchev–Trinajstić information content (AvgIpc) is 2.56. The maximum absolute atomic E-state index is 6.00. The third-order valence-corrected chi connectivity index (χ3v) is 4.29. The van der Waals surface area contributed by atoms with Crippen molar-refractivity contribution in [2.75, 3.05) is 30.4 Å². The summed E-state index contributed by atoms with van der Waals surface area (Å²) < 4.78 is 6.00. The molecule has 1 aromatic heterocycles. The van der Waals surface area contributed by atoms with Crippen LogP contribution in [0.5, 0.6) is 6.01 Å². The van der Waals surface area contributed by atoms with Crippen LogP contribution in [0.25, 0.3) is 0 Å². The lowest BCUT2D eigenvalue weighted by molar-refractivity contribution is 0.142. The Morgan fingerprint density at radius 2 is 1.67 bits per heavy atom. The third-order valence-electron chi connectivity index (χ3n) is 4.29. The lowest BCUT2D eigenvalue weighted by Gasteiger charge is -2.27. The van der Waals surface area contributed by atoms with Crippen LogP contribution in [0.4, 0.5) is 11.9 Å². The number of piperidine rings is 1. The number of ether oxygens (including phenoxy) is 1. The summed E-state index contributed by atoms with van der Waals surface area (Å²) in [5.41, 5.74) is 0. The molecule has 0 aromatic carbocycles. The molecular weight excluding hydrogens is 266 g/mol. The van der Waals surface area contributed by atoms with Gasteiger partial charge in [-0.2, -0.15) is 15.0 Å². The molecule has 3 rings (SSSR count). The molecule has 1 aromatic rings. The van der Waals surface area contributed by atoms with Crippen LogP contribution in [-0.2, 0) is 0 Å². The molecule has 0 amide bonds. The van der Waals surface area contributed by atoms with E-state index >= 15 is 0 Å². The minimum atomic E-state index is 0.264. The number of nitrogens with one attached hydrogen (secondary N) is 1. The van der Waals surface area contributed by atoms with E-state index in [1.807, 2.05) is 7.05 Å². The third kappa shape index (κ3) is 3.74. The van der Waals surface area contributed by atoms with E-state index in [9.17, 15) is 0 Å². The largest absolute Gasteiger partial charge is 0.460 e. The van der Waals surface area contributed by atoms with Gasteiger partial charge in [-0.25, -0.2) is 0 Å². The monoisotopic (exact) mass is 291 g/mol. The van der Waals surface area contributed by atoms with Crippen molar-refractivity contribution in [1.29, 1.82) is 0 Å². The molecule has 2 aliphatic rings. The van der Waals surface area contributed by atoms with E-state index in [1.165, 1.54) is 38.5 Å². The van der Waals surface area contributed by atoms with Gasteiger partial charge in [0.05, 0.1) is 0 Å². The van der Waals surface area contributed by atoms with Crippen LogP contribution in [0.15, 0.2) is 0 Å². The number of rotatable bonds is 4. The smallest absolute Gasteiger partial charge is 0.323 e. The highest BCUT2D eigenvalue weighted by molar-refractivity contribution is 5.38. The quantitative estimate of drug-likeness (QED) is 0.920. The van der Waals surface area contributed by atoms with Crippen molar-refractivity contribution in [3.63, 3.8) is 0 Å². The van der Waals surface area contributed by atoms with Crippen LogP contribution in [0.3, 0.4) is 0 Å². The Hall–Kier alpha value is -1.59. The molecule has 1 saturated carbocycles. The van der Waals surface area contributed by atoms with Crippen molar-refractivity contribution in [2.45, 2.75) is 57.5 Å². The van der Waals surface area contributed by atoms with E-state index in [0.717, 1.165) is 31.9 Å². The second-order valence-corrected chi connectivity index (χ2v) is 5.92. The molecule has 0 atom stereocenters. The number of anilines is 2. The maximum atomic E-state index is 6.00. The number of hydrogen-bond donors (Lipinski definition) is 1. The van der Waals surface area contributed by atoms with Crippen LogP contribution in [0.1, 0.15) is 51.4 Å². The first kappa shape index (κ1) is 14.4.